The zero-order chi connectivity index (χ0) is 7.07. The van der Waals surface area contributed by atoms with Crippen LogP contribution in [0.4, 0.5) is 0 Å². The van der Waals surface area contributed by atoms with E-state index in [1.54, 1.807) is 0 Å². The molecule has 0 aromatic heterocycles. The molecule has 2 atom stereocenters. The number of rotatable bonds is 1. The van der Waals surface area contributed by atoms with Gasteiger partial charge in [0, 0.05) is 0 Å². The van der Waals surface area contributed by atoms with Crippen molar-refractivity contribution in [1.29, 1.82) is 0 Å². The zero-order valence-electron chi connectivity index (χ0n) is 6.22. The Kier molecular flexibility index (Phi) is 1.53. The first kappa shape index (κ1) is 7.03. The molecule has 0 spiro atoms. The zero-order valence-corrected chi connectivity index (χ0v) is 6.22. The van der Waals surface area contributed by atoms with Gasteiger partial charge in [0.1, 0.15) is 5.60 Å². The van der Waals surface area contributed by atoms with Gasteiger partial charge in [-0.25, -0.2) is 0 Å². The van der Waals surface area contributed by atoms with Gasteiger partial charge in [-0.15, -0.1) is 0 Å². The van der Waals surface area contributed by atoms with Gasteiger partial charge in [0.15, 0.2) is 0 Å². The molecular weight excluding hydrogens is 116 g/mol. The van der Waals surface area contributed by atoms with Crippen molar-refractivity contribution in [3.8, 4) is 0 Å². The minimum absolute atomic E-state index is 0.0255. The molecule has 0 aliphatic carbocycles. The smallest absolute Gasteiger partial charge is 0.116 e. The molecule has 2 nitrogen and oxygen atoms in total. The van der Waals surface area contributed by atoms with Crippen LogP contribution in [0.25, 0.3) is 0 Å². The van der Waals surface area contributed by atoms with Crippen LogP contribution in [0.1, 0.15) is 27.2 Å². The second-order valence-corrected chi connectivity index (χ2v) is 2.77. The highest BCUT2D eigenvalue weighted by molar-refractivity contribution is 4.97. The van der Waals surface area contributed by atoms with E-state index >= 15 is 0 Å². The van der Waals surface area contributed by atoms with E-state index in [0.29, 0.717) is 0 Å². The third kappa shape index (κ3) is 0.775. The summed E-state index contributed by atoms with van der Waals surface area (Å²) in [5.41, 5.74) is -0.542. The van der Waals surface area contributed by atoms with Gasteiger partial charge in [-0.2, -0.15) is 0 Å². The first-order valence-corrected chi connectivity index (χ1v) is 3.49. The van der Waals surface area contributed by atoms with Crippen LogP contribution in [0, 0.1) is 0 Å². The highest BCUT2D eigenvalue weighted by atomic mass is 16.6. The van der Waals surface area contributed by atoms with Gasteiger partial charge in [-0.3, -0.25) is 0 Å². The average molecular weight is 130 g/mol. The normalized spacial score (nSPS) is 50.7. The molecule has 54 valence electrons. The summed E-state index contributed by atoms with van der Waals surface area (Å²) in [6.45, 7) is 5.79. The molecule has 2 heteroatoms. The van der Waals surface area contributed by atoms with E-state index in [1.807, 2.05) is 20.8 Å². The van der Waals surface area contributed by atoms with Crippen molar-refractivity contribution in [2.45, 2.75) is 45.0 Å². The van der Waals surface area contributed by atoms with Gasteiger partial charge in [-0.1, -0.05) is 6.92 Å². The third-order valence-electron chi connectivity index (χ3n) is 2.38. The van der Waals surface area contributed by atoms with E-state index in [-0.39, 0.29) is 12.2 Å². The first-order chi connectivity index (χ1) is 4.11. The second-order valence-electron chi connectivity index (χ2n) is 2.77. The summed E-state index contributed by atoms with van der Waals surface area (Å²) < 4.78 is 5.20. The van der Waals surface area contributed by atoms with Gasteiger partial charge >= 0.3 is 0 Å². The quantitative estimate of drug-likeness (QED) is 0.572. The molecule has 0 bridgehead atoms. The van der Waals surface area contributed by atoms with Crippen molar-refractivity contribution in [3.63, 3.8) is 0 Å². The summed E-state index contributed by atoms with van der Waals surface area (Å²) in [4.78, 5) is 0. The van der Waals surface area contributed by atoms with E-state index in [0.717, 1.165) is 6.42 Å². The summed E-state index contributed by atoms with van der Waals surface area (Å²) >= 11 is 0. The molecule has 0 aromatic rings. The molecular formula is C7H14O2. The topological polar surface area (TPSA) is 29.5 Å². The van der Waals surface area contributed by atoms with Crippen molar-refractivity contribution in [3.05, 3.63) is 0 Å². The number of ether oxygens (including phenoxy) is 1. The predicted octanol–water partition coefficient (Wildman–Crippen LogP) is 0.935. The lowest BCUT2D eigenvalue weighted by molar-refractivity contribution is -0.277. The average Bonchev–Trinajstić information content (AvgIpc) is 1.87. The first-order valence-electron chi connectivity index (χ1n) is 3.49. The monoisotopic (exact) mass is 130 g/mol. The lowest BCUT2D eigenvalue weighted by atomic mass is 9.83. The highest BCUT2D eigenvalue weighted by Crippen LogP contribution is 2.34. The Morgan fingerprint density at radius 3 is 2.00 bits per heavy atom. The van der Waals surface area contributed by atoms with Crippen molar-refractivity contribution in [2.24, 2.45) is 0 Å². The van der Waals surface area contributed by atoms with E-state index < -0.39 is 5.60 Å². The Morgan fingerprint density at radius 1 is 1.44 bits per heavy atom. The summed E-state index contributed by atoms with van der Waals surface area (Å²) in [6, 6.07) is 0. The minimum Gasteiger partial charge on any atom is -0.384 e. The largest absolute Gasteiger partial charge is 0.384 e. The standard InChI is InChI=1S/C7H14O2/c1-4-7(8)5(2)9-6(7)3/h5-6,8H,4H2,1-3H3. The molecule has 1 fully saturated rings. The molecule has 9 heavy (non-hydrogen) atoms. The fourth-order valence-electron chi connectivity index (χ4n) is 1.37. The van der Waals surface area contributed by atoms with Crippen molar-refractivity contribution in [2.75, 3.05) is 0 Å². The Morgan fingerprint density at radius 2 is 1.89 bits per heavy atom. The molecule has 0 radical (unpaired) electrons. The lowest BCUT2D eigenvalue weighted by Gasteiger charge is -2.48. The predicted molar refractivity (Wildman–Crippen MR) is 35.2 cm³/mol. The van der Waals surface area contributed by atoms with Crippen molar-refractivity contribution >= 4 is 0 Å². The van der Waals surface area contributed by atoms with Gasteiger partial charge in [-0.05, 0) is 20.3 Å². The van der Waals surface area contributed by atoms with Gasteiger partial charge in [0.2, 0.25) is 0 Å². The fraction of sp³-hybridized carbons (Fsp3) is 1.00. The van der Waals surface area contributed by atoms with E-state index in [2.05, 4.69) is 0 Å². The Bertz CT molecular complexity index is 103. The van der Waals surface area contributed by atoms with Crippen LogP contribution in [0.15, 0.2) is 0 Å². The summed E-state index contributed by atoms with van der Waals surface area (Å²) in [7, 11) is 0. The van der Waals surface area contributed by atoms with Crippen LogP contribution >= 0.6 is 0 Å². The Hall–Kier alpha value is -0.0800. The maximum atomic E-state index is 9.63. The number of hydrogen-bond acceptors (Lipinski definition) is 2. The van der Waals surface area contributed by atoms with E-state index in [1.165, 1.54) is 0 Å². The van der Waals surface area contributed by atoms with Crippen LogP contribution < -0.4 is 0 Å². The molecule has 1 saturated heterocycles. The highest BCUT2D eigenvalue weighted by Gasteiger charge is 2.49. The summed E-state index contributed by atoms with van der Waals surface area (Å²) in [5, 5.41) is 9.63. The molecule has 0 amide bonds. The Balaban J connectivity index is 2.55. The maximum absolute atomic E-state index is 9.63. The number of hydrogen-bond donors (Lipinski definition) is 1. The molecule has 1 rings (SSSR count). The maximum Gasteiger partial charge on any atom is 0.116 e. The molecule has 1 aliphatic heterocycles. The third-order valence-corrected chi connectivity index (χ3v) is 2.38. The van der Waals surface area contributed by atoms with Crippen LogP contribution in [0.2, 0.25) is 0 Å². The van der Waals surface area contributed by atoms with E-state index in [9.17, 15) is 5.11 Å². The van der Waals surface area contributed by atoms with Crippen LogP contribution in [-0.4, -0.2) is 22.9 Å². The van der Waals surface area contributed by atoms with Gasteiger partial charge in [0.25, 0.3) is 0 Å². The summed E-state index contributed by atoms with van der Waals surface area (Å²) in [5.74, 6) is 0. The molecule has 1 N–H and O–H groups in total. The van der Waals surface area contributed by atoms with Crippen molar-refractivity contribution < 1.29 is 9.84 Å². The van der Waals surface area contributed by atoms with Crippen LogP contribution in [-0.2, 0) is 4.74 Å². The van der Waals surface area contributed by atoms with Gasteiger partial charge in [0.05, 0.1) is 12.2 Å². The lowest BCUT2D eigenvalue weighted by Crippen LogP contribution is -2.62. The van der Waals surface area contributed by atoms with Crippen LogP contribution in [0.5, 0.6) is 0 Å². The molecule has 1 aliphatic rings. The second kappa shape index (κ2) is 1.96. The molecule has 0 aromatic carbocycles. The Labute approximate surface area is 55.8 Å². The molecule has 1 heterocycles. The number of aliphatic hydroxyl groups is 1. The van der Waals surface area contributed by atoms with Crippen molar-refractivity contribution in [1.82, 2.24) is 0 Å². The summed E-state index contributed by atoms with van der Waals surface area (Å²) in [6.07, 6.45) is 0.838. The SMILES string of the molecule is CCC1(O)C(C)OC1C. The minimum atomic E-state index is -0.542. The fourth-order valence-corrected chi connectivity index (χ4v) is 1.37. The molecule has 2 unspecified atom stereocenters. The molecule has 0 saturated carbocycles. The van der Waals surface area contributed by atoms with E-state index in [4.69, 9.17) is 4.74 Å². The van der Waals surface area contributed by atoms with Crippen LogP contribution in [0.3, 0.4) is 0 Å². The van der Waals surface area contributed by atoms with Gasteiger partial charge < -0.3 is 9.84 Å².